The number of ether oxygens (including phenoxy) is 5. The van der Waals surface area contributed by atoms with E-state index in [0.29, 0.717) is 0 Å². The van der Waals surface area contributed by atoms with E-state index >= 15 is 0 Å². The number of carbonyl (C=O) groups excluding carboxylic acids is 2. The quantitative estimate of drug-likeness (QED) is 0.261. The molecule has 29 heavy (non-hydrogen) atoms. The maximum Gasteiger partial charge on any atom is 0.217 e. The van der Waals surface area contributed by atoms with E-state index in [1.165, 1.54) is 14.0 Å². The lowest BCUT2D eigenvalue weighted by Crippen LogP contribution is -2.68. The molecule has 0 aromatic carbocycles. The highest BCUT2D eigenvalue weighted by molar-refractivity contribution is 5.73. The van der Waals surface area contributed by atoms with Crippen LogP contribution in [0.2, 0.25) is 0 Å². The summed E-state index contributed by atoms with van der Waals surface area (Å²) in [5.74, 6) is -2.24. The number of hydrogen-bond donors (Lipinski definition) is 5. The zero-order valence-electron chi connectivity index (χ0n) is 16.0. The largest absolute Gasteiger partial charge is 0.547 e. The standard InChI is InChI=1S/C16H27NO12/c1-5(19)17-7-11(8(20)6(4-18)27-15(7)26-3)28-16-10(22)9(21)12(25-2)13(29-16)14(23)24/h6-13,15-16,18,20-22H,4H2,1-3H3,(H,17,19)(H,23,24)/p-1/t6?,7?,8-,9+,10?,11+,12-,13?,15+,16+/m0/s1. The Morgan fingerprint density at radius 3 is 2.14 bits per heavy atom. The molecule has 2 fully saturated rings. The Hall–Kier alpha value is -1.42. The summed E-state index contributed by atoms with van der Waals surface area (Å²) >= 11 is 0. The van der Waals surface area contributed by atoms with Gasteiger partial charge in [0.2, 0.25) is 5.91 Å². The van der Waals surface area contributed by atoms with Gasteiger partial charge in [-0.1, -0.05) is 0 Å². The fourth-order valence-electron chi connectivity index (χ4n) is 3.38. The monoisotopic (exact) mass is 424 g/mol. The fourth-order valence-corrected chi connectivity index (χ4v) is 3.38. The van der Waals surface area contributed by atoms with Gasteiger partial charge in [0.15, 0.2) is 12.6 Å². The summed E-state index contributed by atoms with van der Waals surface area (Å²) in [6.07, 6.45) is -13.7. The Balaban J connectivity index is 2.30. The third-order valence-electron chi connectivity index (χ3n) is 4.80. The van der Waals surface area contributed by atoms with Crippen LogP contribution in [-0.4, -0.2) is 114 Å². The molecule has 2 aliphatic rings. The van der Waals surface area contributed by atoms with Crippen molar-refractivity contribution in [2.45, 2.75) is 68.3 Å². The molecular formula is C16H26NO12-. The number of rotatable bonds is 7. The zero-order valence-corrected chi connectivity index (χ0v) is 16.0. The first kappa shape index (κ1) is 23.9. The Labute approximate surface area is 166 Å². The Bertz CT molecular complexity index is 576. The highest BCUT2D eigenvalue weighted by Gasteiger charge is 2.52. The first-order valence-electron chi connectivity index (χ1n) is 8.81. The van der Waals surface area contributed by atoms with Crippen LogP contribution >= 0.6 is 0 Å². The second-order valence-electron chi connectivity index (χ2n) is 6.70. The summed E-state index contributed by atoms with van der Waals surface area (Å²) in [6.45, 7) is 0.567. The van der Waals surface area contributed by atoms with Crippen molar-refractivity contribution in [1.82, 2.24) is 5.32 Å². The van der Waals surface area contributed by atoms with E-state index < -0.39 is 79.8 Å². The Kier molecular flexibility index (Phi) is 8.28. The van der Waals surface area contributed by atoms with Crippen LogP contribution in [0.15, 0.2) is 0 Å². The smallest absolute Gasteiger partial charge is 0.217 e. The molecule has 5 N–H and O–H groups in total. The van der Waals surface area contributed by atoms with Gasteiger partial charge in [-0.2, -0.15) is 0 Å². The summed E-state index contributed by atoms with van der Waals surface area (Å²) < 4.78 is 26.1. The summed E-state index contributed by atoms with van der Waals surface area (Å²) in [5.41, 5.74) is 0. The molecule has 0 bridgehead atoms. The molecule has 10 atom stereocenters. The number of carboxylic acids is 1. The lowest BCUT2D eigenvalue weighted by molar-refractivity contribution is -0.365. The number of aliphatic carboxylic acids is 1. The Morgan fingerprint density at radius 2 is 1.66 bits per heavy atom. The first-order chi connectivity index (χ1) is 13.7. The van der Waals surface area contributed by atoms with Crippen molar-refractivity contribution < 1.29 is 58.8 Å². The molecular weight excluding hydrogens is 398 g/mol. The van der Waals surface area contributed by atoms with Crippen LogP contribution in [0.4, 0.5) is 0 Å². The van der Waals surface area contributed by atoms with Crippen LogP contribution in [-0.2, 0) is 33.3 Å². The fraction of sp³-hybridized carbons (Fsp3) is 0.875. The number of carboxylic acid groups (broad SMARTS) is 1. The number of aliphatic hydroxyl groups is 4. The molecule has 13 nitrogen and oxygen atoms in total. The molecule has 0 radical (unpaired) electrons. The summed E-state index contributed by atoms with van der Waals surface area (Å²) in [6, 6.07) is -1.12. The molecule has 13 heteroatoms. The number of aliphatic hydroxyl groups excluding tert-OH is 4. The van der Waals surface area contributed by atoms with E-state index in [9.17, 15) is 35.1 Å². The van der Waals surface area contributed by atoms with Crippen molar-refractivity contribution in [2.75, 3.05) is 20.8 Å². The minimum atomic E-state index is -1.79. The van der Waals surface area contributed by atoms with Crippen LogP contribution in [0.25, 0.3) is 0 Å². The second-order valence-corrected chi connectivity index (χ2v) is 6.70. The van der Waals surface area contributed by atoms with Gasteiger partial charge >= 0.3 is 0 Å². The zero-order chi connectivity index (χ0) is 21.9. The van der Waals surface area contributed by atoms with Crippen molar-refractivity contribution in [1.29, 1.82) is 0 Å². The maximum atomic E-state index is 11.6. The molecule has 1 amide bonds. The minimum absolute atomic E-state index is 0.527. The average molecular weight is 424 g/mol. The van der Waals surface area contributed by atoms with E-state index in [-0.39, 0.29) is 0 Å². The molecule has 0 aromatic heterocycles. The van der Waals surface area contributed by atoms with Gasteiger partial charge in [-0.3, -0.25) is 4.79 Å². The normalized spacial score (nSPS) is 43.0. The van der Waals surface area contributed by atoms with E-state index in [4.69, 9.17) is 23.7 Å². The molecule has 2 aliphatic heterocycles. The molecule has 168 valence electrons. The predicted octanol–water partition coefficient (Wildman–Crippen LogP) is -5.19. The van der Waals surface area contributed by atoms with Crippen LogP contribution < -0.4 is 10.4 Å². The van der Waals surface area contributed by atoms with Crippen molar-refractivity contribution in [3.63, 3.8) is 0 Å². The number of hydrogen-bond acceptors (Lipinski definition) is 12. The van der Waals surface area contributed by atoms with Crippen molar-refractivity contribution in [3.8, 4) is 0 Å². The molecule has 2 rings (SSSR count). The van der Waals surface area contributed by atoms with Gasteiger partial charge in [-0.15, -0.1) is 0 Å². The van der Waals surface area contributed by atoms with Crippen LogP contribution in [0.3, 0.4) is 0 Å². The average Bonchev–Trinajstić information content (AvgIpc) is 2.67. The van der Waals surface area contributed by atoms with Crippen molar-refractivity contribution >= 4 is 11.9 Å². The van der Waals surface area contributed by atoms with Gasteiger partial charge in [0.1, 0.15) is 48.8 Å². The maximum absolute atomic E-state index is 11.6. The van der Waals surface area contributed by atoms with E-state index in [1.807, 2.05) is 0 Å². The van der Waals surface area contributed by atoms with Gasteiger partial charge in [-0.05, 0) is 0 Å². The van der Waals surface area contributed by atoms with Crippen LogP contribution in [0, 0.1) is 0 Å². The summed E-state index contributed by atoms with van der Waals surface area (Å²) in [5, 5.41) is 54.2. The van der Waals surface area contributed by atoms with Gasteiger partial charge in [0, 0.05) is 21.1 Å². The predicted molar refractivity (Wildman–Crippen MR) is 87.7 cm³/mol. The third-order valence-corrected chi connectivity index (χ3v) is 4.80. The first-order valence-corrected chi connectivity index (χ1v) is 8.81. The van der Waals surface area contributed by atoms with Crippen molar-refractivity contribution in [2.24, 2.45) is 0 Å². The van der Waals surface area contributed by atoms with Gasteiger partial charge in [-0.25, -0.2) is 0 Å². The number of amides is 1. The second kappa shape index (κ2) is 10.1. The molecule has 2 heterocycles. The minimum Gasteiger partial charge on any atom is -0.547 e. The number of methoxy groups -OCH3 is 2. The van der Waals surface area contributed by atoms with Gasteiger partial charge in [0.25, 0.3) is 0 Å². The van der Waals surface area contributed by atoms with Crippen LogP contribution in [0.1, 0.15) is 6.92 Å². The van der Waals surface area contributed by atoms with Crippen LogP contribution in [0.5, 0.6) is 0 Å². The number of nitrogens with one attached hydrogen (secondary N) is 1. The summed E-state index contributed by atoms with van der Waals surface area (Å²) in [4.78, 5) is 22.9. The highest BCUT2D eigenvalue weighted by Crippen LogP contribution is 2.30. The topological polar surface area (TPSA) is 196 Å². The highest BCUT2D eigenvalue weighted by atomic mass is 16.7. The lowest BCUT2D eigenvalue weighted by atomic mass is 9.95. The van der Waals surface area contributed by atoms with E-state index in [1.54, 1.807) is 0 Å². The van der Waals surface area contributed by atoms with Gasteiger partial charge in [0.05, 0.1) is 12.6 Å². The number of carbonyl (C=O) groups is 2. The molecule has 0 aliphatic carbocycles. The molecule has 0 saturated carbocycles. The molecule has 0 spiro atoms. The van der Waals surface area contributed by atoms with E-state index in [0.717, 1.165) is 7.11 Å². The van der Waals surface area contributed by atoms with Crippen molar-refractivity contribution in [3.05, 3.63) is 0 Å². The molecule has 0 aromatic rings. The lowest BCUT2D eigenvalue weighted by Gasteiger charge is -2.47. The summed E-state index contributed by atoms with van der Waals surface area (Å²) in [7, 11) is 2.37. The SMILES string of the molecule is CO[C@@H]1OC(CO)[C@H](O)[C@H](O[C@@H]2OC(C(=O)[O-])[C@@H](OC)[C@H](O)C2O)C1NC(C)=O. The molecule has 4 unspecified atom stereocenters. The Morgan fingerprint density at radius 1 is 1.00 bits per heavy atom. The molecule has 2 saturated heterocycles. The van der Waals surface area contributed by atoms with Gasteiger partial charge < -0.3 is 59.3 Å². The van der Waals surface area contributed by atoms with E-state index in [2.05, 4.69) is 5.32 Å². The third kappa shape index (κ3) is 5.02.